The van der Waals surface area contributed by atoms with Crippen LogP contribution in [0.3, 0.4) is 0 Å². The Bertz CT molecular complexity index is 317. The van der Waals surface area contributed by atoms with Crippen LogP contribution < -0.4 is 0 Å². The molecule has 0 spiro atoms. The maximum Gasteiger partial charge on any atom is 0.111 e. The highest BCUT2D eigenvalue weighted by atomic mass is 35.5. The topological polar surface area (TPSA) is 18.5 Å². The van der Waals surface area contributed by atoms with E-state index in [2.05, 4.69) is 0 Å². The van der Waals surface area contributed by atoms with Gasteiger partial charge in [-0.1, -0.05) is 23.7 Å². The second-order valence-corrected chi connectivity index (χ2v) is 3.61. The fraction of sp³-hybridized carbons (Fsp3) is 0.333. The van der Waals surface area contributed by atoms with Crippen molar-refractivity contribution in [2.75, 3.05) is 20.3 Å². The number of hydrogen-bond acceptors (Lipinski definition) is 2. The van der Waals surface area contributed by atoms with Gasteiger partial charge in [-0.15, -0.1) is 0 Å². The van der Waals surface area contributed by atoms with E-state index in [0.717, 1.165) is 16.2 Å². The Morgan fingerprint density at radius 3 is 2.53 bits per heavy atom. The molecule has 0 unspecified atom stereocenters. The number of benzene rings is 1. The smallest absolute Gasteiger partial charge is 0.111 e. The summed E-state index contributed by atoms with van der Waals surface area (Å²) in [6, 6.07) is 7.66. The van der Waals surface area contributed by atoms with E-state index in [9.17, 15) is 0 Å². The minimum Gasteiger partial charge on any atom is -0.498 e. The van der Waals surface area contributed by atoms with Crippen LogP contribution in [0.25, 0.3) is 5.57 Å². The maximum atomic E-state index is 5.79. The minimum absolute atomic E-state index is 0.571. The van der Waals surface area contributed by atoms with Crippen molar-refractivity contribution in [3.8, 4) is 0 Å². The lowest BCUT2D eigenvalue weighted by atomic mass is 10.1. The van der Waals surface area contributed by atoms with Gasteiger partial charge in [-0.05, 0) is 30.2 Å². The Balaban J connectivity index is 2.52. The third-order valence-corrected chi connectivity index (χ3v) is 2.22. The Kier molecular flexibility index (Phi) is 5.22. The Labute approximate surface area is 95.5 Å². The first-order chi connectivity index (χ1) is 7.24. The molecule has 0 saturated heterocycles. The number of ether oxygens (including phenoxy) is 2. The van der Waals surface area contributed by atoms with Crippen LogP contribution in [0.4, 0.5) is 0 Å². The maximum absolute atomic E-state index is 5.79. The zero-order valence-corrected chi connectivity index (χ0v) is 9.75. The molecule has 0 atom stereocenters. The highest BCUT2D eigenvalue weighted by Gasteiger charge is 1.95. The molecular weight excluding hydrogens is 212 g/mol. The lowest BCUT2D eigenvalue weighted by molar-refractivity contribution is 0.124. The van der Waals surface area contributed by atoms with Gasteiger partial charge in [0.1, 0.15) is 6.61 Å². The summed E-state index contributed by atoms with van der Waals surface area (Å²) in [5.74, 6) is 0. The predicted molar refractivity (Wildman–Crippen MR) is 62.9 cm³/mol. The van der Waals surface area contributed by atoms with Crippen LogP contribution in [0.15, 0.2) is 30.5 Å². The van der Waals surface area contributed by atoms with E-state index in [-0.39, 0.29) is 0 Å². The molecule has 0 aliphatic carbocycles. The van der Waals surface area contributed by atoms with Crippen molar-refractivity contribution in [1.82, 2.24) is 0 Å². The Hall–Kier alpha value is -0.990. The molecule has 2 nitrogen and oxygen atoms in total. The Morgan fingerprint density at radius 2 is 1.93 bits per heavy atom. The van der Waals surface area contributed by atoms with E-state index in [1.54, 1.807) is 13.4 Å². The number of methoxy groups -OCH3 is 1. The normalized spacial score (nSPS) is 11.5. The molecule has 0 fully saturated rings. The highest BCUT2D eigenvalue weighted by Crippen LogP contribution is 2.16. The lowest BCUT2D eigenvalue weighted by Gasteiger charge is -2.03. The third kappa shape index (κ3) is 4.36. The molecule has 0 aliphatic heterocycles. The molecule has 0 N–H and O–H groups in total. The molecule has 0 radical (unpaired) electrons. The van der Waals surface area contributed by atoms with Crippen molar-refractivity contribution in [3.63, 3.8) is 0 Å². The SMILES string of the molecule is COCCO/C=C(\C)c1ccc(Cl)cc1. The van der Waals surface area contributed by atoms with Gasteiger partial charge in [-0.2, -0.15) is 0 Å². The van der Waals surface area contributed by atoms with Crippen molar-refractivity contribution in [3.05, 3.63) is 41.1 Å². The minimum atomic E-state index is 0.571. The molecule has 0 aliphatic rings. The first-order valence-corrected chi connectivity index (χ1v) is 5.15. The predicted octanol–water partition coefficient (Wildman–Crippen LogP) is 3.36. The van der Waals surface area contributed by atoms with Crippen LogP contribution in [0, 0.1) is 0 Å². The first kappa shape index (κ1) is 12.1. The molecule has 1 aromatic rings. The molecule has 0 aromatic heterocycles. The van der Waals surface area contributed by atoms with E-state index in [0.29, 0.717) is 13.2 Å². The highest BCUT2D eigenvalue weighted by molar-refractivity contribution is 6.30. The van der Waals surface area contributed by atoms with Gasteiger partial charge in [0.15, 0.2) is 0 Å². The summed E-state index contributed by atoms with van der Waals surface area (Å²) >= 11 is 5.79. The third-order valence-electron chi connectivity index (χ3n) is 1.96. The van der Waals surface area contributed by atoms with Crippen LogP contribution in [0.2, 0.25) is 5.02 Å². The lowest BCUT2D eigenvalue weighted by Crippen LogP contribution is -1.97. The number of halogens is 1. The van der Waals surface area contributed by atoms with Crippen LogP contribution in [-0.4, -0.2) is 20.3 Å². The second-order valence-electron chi connectivity index (χ2n) is 3.17. The van der Waals surface area contributed by atoms with Crippen molar-refractivity contribution in [2.24, 2.45) is 0 Å². The summed E-state index contributed by atoms with van der Waals surface area (Å²) in [7, 11) is 1.65. The van der Waals surface area contributed by atoms with E-state index in [1.807, 2.05) is 31.2 Å². The molecule has 82 valence electrons. The van der Waals surface area contributed by atoms with Gasteiger partial charge in [0.25, 0.3) is 0 Å². The van der Waals surface area contributed by atoms with Gasteiger partial charge in [-0.25, -0.2) is 0 Å². The number of rotatable bonds is 5. The zero-order chi connectivity index (χ0) is 11.1. The Morgan fingerprint density at radius 1 is 1.27 bits per heavy atom. The average Bonchev–Trinajstić information content (AvgIpc) is 2.25. The molecule has 15 heavy (non-hydrogen) atoms. The molecule has 0 amide bonds. The molecular formula is C12H15ClO2. The van der Waals surface area contributed by atoms with Gasteiger partial charge in [-0.3, -0.25) is 0 Å². The van der Waals surface area contributed by atoms with E-state index >= 15 is 0 Å². The van der Waals surface area contributed by atoms with Crippen molar-refractivity contribution >= 4 is 17.2 Å². The quantitative estimate of drug-likeness (QED) is 0.566. The number of allylic oxidation sites excluding steroid dienone is 1. The largest absolute Gasteiger partial charge is 0.498 e. The van der Waals surface area contributed by atoms with E-state index in [4.69, 9.17) is 21.1 Å². The molecule has 0 heterocycles. The average molecular weight is 227 g/mol. The summed E-state index contributed by atoms with van der Waals surface area (Å²) < 4.78 is 10.2. The fourth-order valence-corrected chi connectivity index (χ4v) is 1.22. The van der Waals surface area contributed by atoms with Gasteiger partial charge in [0, 0.05) is 12.1 Å². The van der Waals surface area contributed by atoms with Gasteiger partial charge in [0.2, 0.25) is 0 Å². The fourth-order valence-electron chi connectivity index (χ4n) is 1.10. The summed E-state index contributed by atoms with van der Waals surface area (Å²) in [6.07, 6.45) is 1.74. The van der Waals surface area contributed by atoms with Crippen molar-refractivity contribution < 1.29 is 9.47 Å². The van der Waals surface area contributed by atoms with Gasteiger partial charge < -0.3 is 9.47 Å². The van der Waals surface area contributed by atoms with E-state index in [1.165, 1.54) is 0 Å². The first-order valence-electron chi connectivity index (χ1n) is 4.77. The van der Waals surface area contributed by atoms with Crippen LogP contribution in [0.5, 0.6) is 0 Å². The molecule has 3 heteroatoms. The van der Waals surface area contributed by atoms with Crippen LogP contribution in [-0.2, 0) is 9.47 Å². The molecule has 0 bridgehead atoms. The zero-order valence-electron chi connectivity index (χ0n) is 9.00. The van der Waals surface area contributed by atoms with Gasteiger partial charge in [0.05, 0.1) is 12.9 Å². The van der Waals surface area contributed by atoms with Crippen molar-refractivity contribution in [1.29, 1.82) is 0 Å². The standard InChI is InChI=1S/C12H15ClO2/c1-10(9-15-8-7-14-2)11-3-5-12(13)6-4-11/h3-6,9H,7-8H2,1-2H3/b10-9+. The summed E-state index contributed by atoms with van der Waals surface area (Å²) in [4.78, 5) is 0. The molecule has 1 aromatic carbocycles. The van der Waals surface area contributed by atoms with Crippen LogP contribution in [0.1, 0.15) is 12.5 Å². The van der Waals surface area contributed by atoms with Crippen molar-refractivity contribution in [2.45, 2.75) is 6.92 Å². The second kappa shape index (κ2) is 6.49. The monoisotopic (exact) mass is 226 g/mol. The summed E-state index contributed by atoms with van der Waals surface area (Å²) in [5, 5.41) is 0.742. The summed E-state index contributed by atoms with van der Waals surface area (Å²) in [5.41, 5.74) is 2.18. The summed E-state index contributed by atoms with van der Waals surface area (Å²) in [6.45, 7) is 3.17. The van der Waals surface area contributed by atoms with Gasteiger partial charge >= 0.3 is 0 Å². The van der Waals surface area contributed by atoms with E-state index < -0.39 is 0 Å². The molecule has 1 rings (SSSR count). The van der Waals surface area contributed by atoms with Crippen LogP contribution >= 0.6 is 11.6 Å². The molecule has 0 saturated carbocycles. The number of hydrogen-bond donors (Lipinski definition) is 0.